The highest BCUT2D eigenvalue weighted by Crippen LogP contribution is 2.36. The molecule has 24 heavy (non-hydrogen) atoms. The number of hydrogen-bond acceptors (Lipinski definition) is 3. The predicted octanol–water partition coefficient (Wildman–Crippen LogP) is 3.87. The minimum Gasteiger partial charge on any atom is -0.460 e. The quantitative estimate of drug-likeness (QED) is 0.833. The zero-order valence-corrected chi connectivity index (χ0v) is 15.1. The van der Waals surface area contributed by atoms with Gasteiger partial charge in [0, 0.05) is 6.92 Å². The van der Waals surface area contributed by atoms with Crippen LogP contribution in [0.25, 0.3) is 0 Å². The molecule has 0 bridgehead atoms. The van der Waals surface area contributed by atoms with Gasteiger partial charge in [-0.3, -0.25) is 4.79 Å². The van der Waals surface area contributed by atoms with Crippen LogP contribution in [0.4, 0.5) is 0 Å². The average molecular weight is 331 g/mol. The number of carbonyl (C=O) groups excluding carboxylic acids is 2. The molecule has 0 aromatic heterocycles. The summed E-state index contributed by atoms with van der Waals surface area (Å²) in [7, 11) is 0. The van der Waals surface area contributed by atoms with Gasteiger partial charge in [0.15, 0.2) is 6.04 Å². The molecule has 1 aromatic carbocycles. The second-order valence-corrected chi connectivity index (χ2v) is 7.35. The normalized spacial score (nSPS) is 25.1. The van der Waals surface area contributed by atoms with E-state index >= 15 is 0 Å². The van der Waals surface area contributed by atoms with Crippen molar-refractivity contribution in [1.29, 1.82) is 0 Å². The van der Waals surface area contributed by atoms with Crippen molar-refractivity contribution in [2.45, 2.75) is 59.1 Å². The van der Waals surface area contributed by atoms with Gasteiger partial charge in [0.2, 0.25) is 5.91 Å². The average Bonchev–Trinajstić information content (AvgIpc) is 2.53. The Morgan fingerprint density at radius 3 is 2.42 bits per heavy atom. The summed E-state index contributed by atoms with van der Waals surface area (Å²) in [6.45, 7) is 8.00. The van der Waals surface area contributed by atoms with Gasteiger partial charge in [-0.1, -0.05) is 57.5 Å². The lowest BCUT2D eigenvalue weighted by molar-refractivity contribution is -0.159. The molecule has 1 saturated carbocycles. The van der Waals surface area contributed by atoms with E-state index < -0.39 is 6.04 Å². The predicted molar refractivity (Wildman–Crippen MR) is 94.2 cm³/mol. The van der Waals surface area contributed by atoms with E-state index in [1.165, 1.54) is 13.3 Å². The summed E-state index contributed by atoms with van der Waals surface area (Å²) in [6.07, 6.45) is 3.11. The Morgan fingerprint density at radius 2 is 1.83 bits per heavy atom. The molecular formula is C20H29NO3. The molecule has 4 heteroatoms. The van der Waals surface area contributed by atoms with E-state index in [1.54, 1.807) is 0 Å². The lowest BCUT2D eigenvalue weighted by Gasteiger charge is -2.37. The fourth-order valence-corrected chi connectivity index (χ4v) is 3.59. The first-order chi connectivity index (χ1) is 11.4. The van der Waals surface area contributed by atoms with Crippen molar-refractivity contribution in [2.75, 3.05) is 0 Å². The van der Waals surface area contributed by atoms with Crippen molar-refractivity contribution >= 4 is 11.9 Å². The summed E-state index contributed by atoms with van der Waals surface area (Å²) in [5.41, 5.74) is 0.752. The topological polar surface area (TPSA) is 55.4 Å². The highest BCUT2D eigenvalue weighted by atomic mass is 16.5. The molecule has 1 unspecified atom stereocenters. The minimum atomic E-state index is -0.742. The number of amides is 1. The van der Waals surface area contributed by atoms with Gasteiger partial charge in [0.05, 0.1) is 0 Å². The van der Waals surface area contributed by atoms with Crippen molar-refractivity contribution in [2.24, 2.45) is 17.8 Å². The number of nitrogens with one attached hydrogen (secondary N) is 1. The highest BCUT2D eigenvalue weighted by Gasteiger charge is 2.35. The minimum absolute atomic E-state index is 0.0683. The van der Waals surface area contributed by atoms with Crippen LogP contribution in [0.5, 0.6) is 0 Å². The summed E-state index contributed by atoms with van der Waals surface area (Å²) in [5.74, 6) is 0.832. The summed E-state index contributed by atoms with van der Waals surface area (Å²) in [5, 5.41) is 2.73. The summed E-state index contributed by atoms with van der Waals surface area (Å²) in [4.78, 5) is 24.3. The van der Waals surface area contributed by atoms with Gasteiger partial charge in [-0.15, -0.1) is 0 Å². The number of hydrogen-bond donors (Lipinski definition) is 1. The van der Waals surface area contributed by atoms with E-state index in [4.69, 9.17) is 4.74 Å². The molecule has 1 aromatic rings. The van der Waals surface area contributed by atoms with Crippen molar-refractivity contribution in [3.63, 3.8) is 0 Å². The first-order valence-electron chi connectivity index (χ1n) is 8.91. The third kappa shape index (κ3) is 4.83. The van der Waals surface area contributed by atoms with E-state index in [0.29, 0.717) is 17.8 Å². The molecule has 0 radical (unpaired) electrons. The number of ether oxygens (including phenoxy) is 1. The van der Waals surface area contributed by atoms with Gasteiger partial charge in [-0.05, 0) is 36.2 Å². The summed E-state index contributed by atoms with van der Waals surface area (Å²) >= 11 is 0. The molecule has 1 aliphatic rings. The van der Waals surface area contributed by atoms with Gasteiger partial charge in [0.1, 0.15) is 6.10 Å². The number of carbonyl (C=O) groups is 2. The van der Waals surface area contributed by atoms with Crippen LogP contribution < -0.4 is 5.32 Å². The van der Waals surface area contributed by atoms with Crippen LogP contribution in [0.15, 0.2) is 30.3 Å². The Kier molecular flexibility index (Phi) is 6.41. The van der Waals surface area contributed by atoms with Gasteiger partial charge in [-0.25, -0.2) is 4.79 Å². The lowest BCUT2D eigenvalue weighted by Crippen LogP contribution is -2.40. The maximum absolute atomic E-state index is 12.8. The highest BCUT2D eigenvalue weighted by molar-refractivity contribution is 5.84. The number of benzene rings is 1. The summed E-state index contributed by atoms with van der Waals surface area (Å²) in [6, 6.07) is 8.54. The molecule has 0 heterocycles. The van der Waals surface area contributed by atoms with Crippen LogP contribution in [0, 0.1) is 17.8 Å². The maximum atomic E-state index is 12.8. The maximum Gasteiger partial charge on any atom is 0.333 e. The molecule has 4 nitrogen and oxygen atoms in total. The fourth-order valence-electron chi connectivity index (χ4n) is 3.59. The Balaban J connectivity index is 2.15. The molecule has 1 N–H and O–H groups in total. The smallest absolute Gasteiger partial charge is 0.333 e. The van der Waals surface area contributed by atoms with Crippen LogP contribution in [-0.4, -0.2) is 18.0 Å². The van der Waals surface area contributed by atoms with Crippen molar-refractivity contribution < 1.29 is 14.3 Å². The number of esters is 1. The second kappa shape index (κ2) is 8.32. The second-order valence-electron chi connectivity index (χ2n) is 7.35. The van der Waals surface area contributed by atoms with Crippen LogP contribution in [-0.2, 0) is 14.3 Å². The molecule has 1 aliphatic carbocycles. The zero-order valence-electron chi connectivity index (χ0n) is 15.1. The first-order valence-corrected chi connectivity index (χ1v) is 8.91. The molecule has 2 rings (SSSR count). The van der Waals surface area contributed by atoms with E-state index in [2.05, 4.69) is 26.1 Å². The number of rotatable bonds is 5. The van der Waals surface area contributed by atoms with Gasteiger partial charge < -0.3 is 10.1 Å². The van der Waals surface area contributed by atoms with Crippen LogP contribution in [0.1, 0.15) is 58.6 Å². The van der Waals surface area contributed by atoms with Crippen LogP contribution in [0.2, 0.25) is 0 Å². The van der Waals surface area contributed by atoms with Gasteiger partial charge in [-0.2, -0.15) is 0 Å². The molecule has 1 fully saturated rings. The third-order valence-electron chi connectivity index (χ3n) is 4.95. The van der Waals surface area contributed by atoms with Crippen molar-refractivity contribution in [1.82, 2.24) is 5.32 Å². The Labute approximate surface area is 145 Å². The van der Waals surface area contributed by atoms with Crippen molar-refractivity contribution in [3.05, 3.63) is 35.9 Å². The van der Waals surface area contributed by atoms with E-state index in [-0.39, 0.29) is 18.0 Å². The fraction of sp³-hybridized carbons (Fsp3) is 0.600. The van der Waals surface area contributed by atoms with Crippen molar-refractivity contribution in [3.8, 4) is 0 Å². The summed E-state index contributed by atoms with van der Waals surface area (Å²) < 4.78 is 5.90. The standard InChI is InChI=1S/C20H29NO3/c1-13(2)17-11-10-14(3)12-18(17)24-20(23)19(21-15(4)22)16-8-6-5-7-9-16/h5-9,13-14,17-19H,10-12H2,1-4H3,(H,21,22)/t14-,17+,18-,19?/m0/s1. The largest absolute Gasteiger partial charge is 0.460 e. The SMILES string of the molecule is CC(=O)NC(C(=O)O[C@H]1C[C@@H](C)CC[C@@H]1C(C)C)c1ccccc1. The van der Waals surface area contributed by atoms with E-state index in [0.717, 1.165) is 18.4 Å². The van der Waals surface area contributed by atoms with E-state index in [1.807, 2.05) is 30.3 Å². The van der Waals surface area contributed by atoms with E-state index in [9.17, 15) is 9.59 Å². The Bertz CT molecular complexity index is 555. The van der Waals surface area contributed by atoms with Crippen LogP contribution in [0.3, 0.4) is 0 Å². The molecule has 1 amide bonds. The lowest BCUT2D eigenvalue weighted by atomic mass is 9.75. The molecule has 0 saturated heterocycles. The monoisotopic (exact) mass is 331 g/mol. The zero-order chi connectivity index (χ0) is 17.7. The van der Waals surface area contributed by atoms with Gasteiger partial charge in [0.25, 0.3) is 0 Å². The Hall–Kier alpha value is -1.84. The molecule has 0 spiro atoms. The first kappa shape index (κ1) is 18.5. The van der Waals surface area contributed by atoms with Crippen LogP contribution >= 0.6 is 0 Å². The molecule has 0 aliphatic heterocycles. The molecular weight excluding hydrogens is 302 g/mol. The Morgan fingerprint density at radius 1 is 1.17 bits per heavy atom. The molecule has 132 valence electrons. The van der Waals surface area contributed by atoms with Gasteiger partial charge >= 0.3 is 5.97 Å². The third-order valence-corrected chi connectivity index (χ3v) is 4.95. The molecule has 4 atom stereocenters.